The SMILES string of the molecule is C[SiH]C.Cc1c(C2C=CC=C2)[c-]c2c(c1C)-c1ccccc1C2.[Cl-].[Cl-].[Zr+3]. The van der Waals surface area contributed by atoms with Crippen molar-refractivity contribution >= 4 is 9.52 Å². The Morgan fingerprint density at radius 1 is 0.962 bits per heavy atom. The van der Waals surface area contributed by atoms with Gasteiger partial charge in [-0.3, -0.25) is 0 Å². The van der Waals surface area contributed by atoms with Crippen LogP contribution in [0.15, 0.2) is 48.6 Å². The molecule has 0 nitrogen and oxygen atoms in total. The molecule has 0 fully saturated rings. The van der Waals surface area contributed by atoms with Crippen molar-refractivity contribution < 1.29 is 51.0 Å². The largest absolute Gasteiger partial charge is 3.00 e. The van der Waals surface area contributed by atoms with E-state index in [1.54, 1.807) is 0 Å². The van der Waals surface area contributed by atoms with Crippen LogP contribution in [-0.4, -0.2) is 9.52 Å². The summed E-state index contributed by atoms with van der Waals surface area (Å²) in [5, 5.41) is 0. The molecule has 0 spiro atoms. The van der Waals surface area contributed by atoms with Crippen LogP contribution >= 0.6 is 0 Å². The first kappa shape index (κ1) is 25.6. The van der Waals surface area contributed by atoms with Crippen molar-refractivity contribution in [3.05, 3.63) is 82.5 Å². The second-order valence-corrected chi connectivity index (χ2v) is 7.50. The van der Waals surface area contributed by atoms with E-state index in [1.165, 1.54) is 38.9 Å². The first-order valence-corrected chi connectivity index (χ1v) is 10.7. The average molecular weight is 479 g/mol. The molecule has 0 saturated carbocycles. The molecule has 0 saturated heterocycles. The number of halogens is 2. The monoisotopic (exact) mass is 476 g/mol. The predicted molar refractivity (Wildman–Crippen MR) is 103 cm³/mol. The summed E-state index contributed by atoms with van der Waals surface area (Å²) in [7, 11) is 0.750. The Labute approximate surface area is 192 Å². The van der Waals surface area contributed by atoms with Crippen molar-refractivity contribution in [1.82, 2.24) is 0 Å². The maximum absolute atomic E-state index is 3.72. The Balaban J connectivity index is 0.000000980. The van der Waals surface area contributed by atoms with E-state index in [4.69, 9.17) is 0 Å². The van der Waals surface area contributed by atoms with Crippen LogP contribution in [0, 0.1) is 19.9 Å². The minimum atomic E-state index is 0. The van der Waals surface area contributed by atoms with Crippen LogP contribution < -0.4 is 24.8 Å². The Bertz CT molecular complexity index is 785. The number of benzene rings is 2. The fourth-order valence-electron chi connectivity index (χ4n) is 3.50. The number of rotatable bonds is 1. The molecule has 2 aliphatic carbocycles. The van der Waals surface area contributed by atoms with Gasteiger partial charge in [-0.1, -0.05) is 86.6 Å². The molecule has 0 heterocycles. The van der Waals surface area contributed by atoms with Crippen LogP contribution in [0.5, 0.6) is 0 Å². The predicted octanol–water partition coefficient (Wildman–Crippen LogP) is -0.591. The van der Waals surface area contributed by atoms with Gasteiger partial charge in [-0.25, -0.2) is 0 Å². The zero-order chi connectivity index (χ0) is 16.4. The summed E-state index contributed by atoms with van der Waals surface area (Å²) in [5.41, 5.74) is 9.80. The third-order valence-electron chi connectivity index (χ3n) is 4.66. The molecule has 2 aliphatic rings. The average Bonchev–Trinajstić information content (AvgIpc) is 3.18. The first-order valence-electron chi connectivity index (χ1n) is 8.39. The standard InChI is InChI=1S/C20H17.C2H7Si.2ClH.Zr/c1-13-14(2)20-17(11-16-9-5-6-10-18(16)20)12-19(13)15-7-3-4-8-15;1-3-2;;;/h3-10,15H,11H2,1-2H3;3H,1-2H3;2*1H;/q-1;;;;+3/p-2. The number of allylic oxidation sites excluding steroid dienone is 4. The van der Waals surface area contributed by atoms with Crippen LogP contribution in [0.1, 0.15) is 33.7 Å². The second kappa shape index (κ2) is 11.4. The van der Waals surface area contributed by atoms with Crippen LogP contribution in [0.2, 0.25) is 13.1 Å². The van der Waals surface area contributed by atoms with E-state index >= 15 is 0 Å². The van der Waals surface area contributed by atoms with Crippen molar-refractivity contribution in [1.29, 1.82) is 0 Å². The zero-order valence-electron chi connectivity index (χ0n) is 15.7. The molecule has 0 amide bonds. The molecule has 4 heteroatoms. The molecule has 0 N–H and O–H groups in total. The van der Waals surface area contributed by atoms with Gasteiger partial charge in [0.1, 0.15) is 0 Å². The van der Waals surface area contributed by atoms with E-state index in [2.05, 4.69) is 81.6 Å². The smallest absolute Gasteiger partial charge is 1.00 e. The Morgan fingerprint density at radius 3 is 2.15 bits per heavy atom. The van der Waals surface area contributed by atoms with E-state index in [0.29, 0.717) is 5.92 Å². The summed E-state index contributed by atoms with van der Waals surface area (Å²) in [4.78, 5) is 0. The van der Waals surface area contributed by atoms with E-state index in [0.717, 1.165) is 15.9 Å². The third kappa shape index (κ3) is 4.90. The van der Waals surface area contributed by atoms with Gasteiger partial charge < -0.3 is 24.8 Å². The first-order chi connectivity index (χ1) is 11.2. The zero-order valence-corrected chi connectivity index (χ0v) is 20.9. The number of hydrogen-bond acceptors (Lipinski definition) is 0. The normalized spacial score (nSPS) is 12.8. The fraction of sp³-hybridized carbons (Fsp3) is 0.273. The maximum atomic E-state index is 3.72. The van der Waals surface area contributed by atoms with Gasteiger partial charge in [-0.15, -0.1) is 22.3 Å². The van der Waals surface area contributed by atoms with Crippen LogP contribution in [0.25, 0.3) is 11.1 Å². The third-order valence-corrected chi connectivity index (χ3v) is 4.66. The van der Waals surface area contributed by atoms with Gasteiger partial charge in [0, 0.05) is 9.52 Å². The summed E-state index contributed by atoms with van der Waals surface area (Å²) in [5.74, 6) is 0.405. The molecule has 0 atom stereocenters. The molecule has 2 aromatic rings. The molecule has 4 rings (SSSR count). The summed E-state index contributed by atoms with van der Waals surface area (Å²) < 4.78 is 0. The summed E-state index contributed by atoms with van der Waals surface area (Å²) >= 11 is 0. The van der Waals surface area contributed by atoms with Crippen LogP contribution in [0.3, 0.4) is 0 Å². The minimum absolute atomic E-state index is 0. The molecule has 26 heavy (non-hydrogen) atoms. The van der Waals surface area contributed by atoms with Crippen molar-refractivity contribution in [2.75, 3.05) is 0 Å². The molecule has 0 aromatic heterocycles. The molecule has 2 aromatic carbocycles. The summed E-state index contributed by atoms with van der Waals surface area (Å²) in [6.45, 7) is 8.92. The molecule has 134 valence electrons. The molecule has 0 aliphatic heterocycles. The van der Waals surface area contributed by atoms with Gasteiger partial charge in [-0.2, -0.15) is 11.6 Å². The van der Waals surface area contributed by atoms with Crippen molar-refractivity contribution in [2.24, 2.45) is 0 Å². The van der Waals surface area contributed by atoms with Gasteiger partial charge in [0.25, 0.3) is 0 Å². The molecular formula is C22H24Cl2SiZr. The summed E-state index contributed by atoms with van der Waals surface area (Å²) in [6, 6.07) is 12.5. The van der Waals surface area contributed by atoms with Crippen LogP contribution in [0.4, 0.5) is 0 Å². The van der Waals surface area contributed by atoms with Crippen molar-refractivity contribution in [2.45, 2.75) is 39.3 Å². The second-order valence-electron chi connectivity index (χ2n) is 6.35. The van der Waals surface area contributed by atoms with E-state index in [9.17, 15) is 0 Å². The number of fused-ring (bicyclic) bond motifs is 3. The molecular weight excluding hydrogens is 454 g/mol. The van der Waals surface area contributed by atoms with Gasteiger partial charge in [0.05, 0.1) is 0 Å². The van der Waals surface area contributed by atoms with Crippen molar-refractivity contribution in [3.8, 4) is 11.1 Å². The van der Waals surface area contributed by atoms with Gasteiger partial charge in [0.15, 0.2) is 0 Å². The fourth-order valence-corrected chi connectivity index (χ4v) is 3.50. The van der Waals surface area contributed by atoms with Crippen molar-refractivity contribution in [3.63, 3.8) is 0 Å². The Kier molecular flexibility index (Phi) is 11.3. The van der Waals surface area contributed by atoms with E-state index < -0.39 is 0 Å². The Hall–Kier alpha value is -0.400. The quantitative estimate of drug-likeness (QED) is 0.324. The molecule has 0 unspecified atom stereocenters. The topological polar surface area (TPSA) is 0 Å². The van der Waals surface area contributed by atoms with Gasteiger partial charge in [-0.05, 0) is 12.3 Å². The van der Waals surface area contributed by atoms with E-state index in [1.807, 2.05) is 0 Å². The minimum Gasteiger partial charge on any atom is -1.00 e. The van der Waals surface area contributed by atoms with E-state index in [-0.39, 0.29) is 51.0 Å². The molecule has 0 bridgehead atoms. The molecule has 2 radical (unpaired) electrons. The number of hydrogen-bond donors (Lipinski definition) is 0. The summed E-state index contributed by atoms with van der Waals surface area (Å²) in [6.07, 6.45) is 9.81. The maximum Gasteiger partial charge on any atom is 3.00 e. The van der Waals surface area contributed by atoms with Gasteiger partial charge in [0.2, 0.25) is 0 Å². The van der Waals surface area contributed by atoms with Gasteiger partial charge >= 0.3 is 26.2 Å². The van der Waals surface area contributed by atoms with Crippen LogP contribution in [-0.2, 0) is 32.6 Å². The Morgan fingerprint density at radius 2 is 1.54 bits per heavy atom.